The van der Waals surface area contributed by atoms with Crippen LogP contribution < -0.4 is 0 Å². The third-order valence-electron chi connectivity index (χ3n) is 1.14. The van der Waals surface area contributed by atoms with E-state index in [1.807, 2.05) is 0 Å². The molecule has 0 saturated carbocycles. The molecule has 0 spiro atoms. The van der Waals surface area contributed by atoms with Crippen LogP contribution in [-0.4, -0.2) is 28.1 Å². The highest BCUT2D eigenvalue weighted by molar-refractivity contribution is 8.13. The SMILES string of the molecule is O=S1(=O)CCC(F)S(=O)(=O)[N-]1. The van der Waals surface area contributed by atoms with Crippen molar-refractivity contribution < 1.29 is 21.2 Å². The minimum Gasteiger partial charge on any atom is -0.434 e. The van der Waals surface area contributed by atoms with Crippen molar-refractivity contribution in [3.63, 3.8) is 0 Å². The molecule has 66 valence electrons. The molecule has 0 bridgehead atoms. The fourth-order valence-corrected chi connectivity index (χ4v) is 3.64. The van der Waals surface area contributed by atoms with E-state index >= 15 is 0 Å². The topological polar surface area (TPSA) is 82.4 Å². The molecule has 11 heavy (non-hydrogen) atoms. The molecule has 1 aliphatic rings. The highest BCUT2D eigenvalue weighted by Crippen LogP contribution is 2.25. The number of hydrogen-bond donors (Lipinski definition) is 0. The molecule has 0 N–H and O–H groups in total. The van der Waals surface area contributed by atoms with E-state index in [-0.39, 0.29) is 0 Å². The highest BCUT2D eigenvalue weighted by Gasteiger charge is 2.26. The Morgan fingerprint density at radius 1 is 1.27 bits per heavy atom. The Hall–Kier alpha value is -0.210. The van der Waals surface area contributed by atoms with Gasteiger partial charge in [-0.25, -0.2) is 21.2 Å². The summed E-state index contributed by atoms with van der Waals surface area (Å²) in [5, 5.41) is 0. The highest BCUT2D eigenvalue weighted by atomic mass is 32.3. The summed E-state index contributed by atoms with van der Waals surface area (Å²) in [6.07, 6.45) is -0.520. The van der Waals surface area contributed by atoms with Gasteiger partial charge in [0.2, 0.25) is 0 Å². The summed E-state index contributed by atoms with van der Waals surface area (Å²) in [6.45, 7) is 0. The fraction of sp³-hybridized carbons (Fsp3) is 1.00. The fourth-order valence-electron chi connectivity index (χ4n) is 0.633. The lowest BCUT2D eigenvalue weighted by Crippen LogP contribution is -2.27. The average molecular weight is 202 g/mol. The second kappa shape index (κ2) is 2.39. The number of sulfonamides is 2. The van der Waals surface area contributed by atoms with E-state index in [1.165, 1.54) is 0 Å². The lowest BCUT2D eigenvalue weighted by molar-refractivity contribution is 0.409. The van der Waals surface area contributed by atoms with Gasteiger partial charge in [0.25, 0.3) is 0 Å². The molecule has 1 saturated heterocycles. The van der Waals surface area contributed by atoms with Crippen molar-refractivity contribution in [2.45, 2.75) is 11.9 Å². The molecule has 0 amide bonds. The Bertz CT molecular complexity index is 344. The number of halogens is 1. The molecule has 1 rings (SSSR count). The molecular weight excluding hydrogens is 197 g/mol. The summed E-state index contributed by atoms with van der Waals surface area (Å²) in [7, 11) is -8.32. The minimum absolute atomic E-state index is 0.520. The van der Waals surface area contributed by atoms with Crippen LogP contribution in [0, 0.1) is 0 Å². The van der Waals surface area contributed by atoms with Gasteiger partial charge in [0.05, 0.1) is 10.0 Å². The third kappa shape index (κ3) is 1.88. The molecule has 0 radical (unpaired) electrons. The summed E-state index contributed by atoms with van der Waals surface area (Å²) < 4.78 is 56.7. The van der Waals surface area contributed by atoms with Gasteiger partial charge in [-0.15, -0.1) is 0 Å². The first-order valence-corrected chi connectivity index (χ1v) is 5.80. The van der Waals surface area contributed by atoms with Crippen LogP contribution in [0.3, 0.4) is 0 Å². The Balaban J connectivity index is 3.03. The lowest BCUT2D eigenvalue weighted by atomic mass is 10.5. The maximum absolute atomic E-state index is 12.4. The number of alkyl halides is 1. The zero-order chi connectivity index (χ0) is 8.70. The van der Waals surface area contributed by atoms with E-state index in [0.29, 0.717) is 0 Å². The van der Waals surface area contributed by atoms with Crippen LogP contribution in [0.5, 0.6) is 0 Å². The summed E-state index contributed by atoms with van der Waals surface area (Å²) in [6, 6.07) is 0. The van der Waals surface area contributed by atoms with E-state index in [4.69, 9.17) is 0 Å². The molecule has 1 fully saturated rings. The molecule has 1 atom stereocenters. The standard InChI is InChI=1S/C3H5FNO4S2/c4-3-1-2-10(6,7)5-11(3,8)9/h3H,1-2H2/q-1. The summed E-state index contributed by atoms with van der Waals surface area (Å²) >= 11 is 0. The maximum atomic E-state index is 12.4. The average Bonchev–Trinajstić information content (AvgIpc) is 1.77. The first-order valence-electron chi connectivity index (χ1n) is 2.68. The number of hydrogen-bond acceptors (Lipinski definition) is 4. The number of rotatable bonds is 0. The van der Waals surface area contributed by atoms with Crippen molar-refractivity contribution in [3.05, 3.63) is 4.13 Å². The predicted octanol–water partition coefficient (Wildman–Crippen LogP) is -0.281. The van der Waals surface area contributed by atoms with E-state index in [0.717, 1.165) is 0 Å². The molecule has 0 aromatic carbocycles. The third-order valence-corrected chi connectivity index (χ3v) is 4.52. The van der Waals surface area contributed by atoms with Crippen LogP contribution in [0.25, 0.3) is 4.13 Å². The normalized spacial score (nSPS) is 34.8. The maximum Gasteiger partial charge on any atom is 0.185 e. The van der Waals surface area contributed by atoms with Gasteiger partial charge < -0.3 is 4.13 Å². The second-order valence-electron chi connectivity index (χ2n) is 2.07. The monoisotopic (exact) mass is 202 g/mol. The molecule has 1 aliphatic heterocycles. The van der Waals surface area contributed by atoms with E-state index in [9.17, 15) is 21.2 Å². The first-order chi connectivity index (χ1) is 4.83. The van der Waals surface area contributed by atoms with Crippen molar-refractivity contribution >= 4 is 20.0 Å². The van der Waals surface area contributed by atoms with Crippen LogP contribution in [0.4, 0.5) is 4.39 Å². The van der Waals surface area contributed by atoms with Gasteiger partial charge in [-0.3, -0.25) is 0 Å². The Morgan fingerprint density at radius 3 is 2.18 bits per heavy atom. The van der Waals surface area contributed by atoms with E-state index in [2.05, 4.69) is 4.13 Å². The van der Waals surface area contributed by atoms with Gasteiger partial charge in [0, 0.05) is 12.2 Å². The van der Waals surface area contributed by atoms with Gasteiger partial charge in [-0.1, -0.05) is 0 Å². The van der Waals surface area contributed by atoms with Crippen LogP contribution in [0.15, 0.2) is 0 Å². The Kier molecular flexibility index (Phi) is 1.93. The van der Waals surface area contributed by atoms with E-state index in [1.54, 1.807) is 0 Å². The quantitative estimate of drug-likeness (QED) is 0.540. The summed E-state index contributed by atoms with van der Waals surface area (Å²) in [5.74, 6) is -0.534. The van der Waals surface area contributed by atoms with Crippen molar-refractivity contribution in [2.75, 3.05) is 5.75 Å². The van der Waals surface area contributed by atoms with Gasteiger partial charge >= 0.3 is 0 Å². The Morgan fingerprint density at radius 2 is 1.82 bits per heavy atom. The zero-order valence-corrected chi connectivity index (χ0v) is 6.90. The van der Waals surface area contributed by atoms with E-state index < -0.39 is 37.7 Å². The number of nitrogens with zero attached hydrogens (tertiary/aromatic N) is 1. The van der Waals surface area contributed by atoms with Gasteiger partial charge in [-0.2, -0.15) is 0 Å². The van der Waals surface area contributed by atoms with Gasteiger partial charge in [0.15, 0.2) is 5.50 Å². The minimum atomic E-state index is -4.40. The summed E-state index contributed by atoms with van der Waals surface area (Å²) in [4.78, 5) is 0. The molecule has 0 aromatic heterocycles. The molecular formula is C3H5FNO4S2-. The smallest absolute Gasteiger partial charge is 0.185 e. The largest absolute Gasteiger partial charge is 0.434 e. The van der Waals surface area contributed by atoms with Gasteiger partial charge in [-0.05, 0) is 0 Å². The zero-order valence-electron chi connectivity index (χ0n) is 5.27. The first kappa shape index (κ1) is 8.88. The van der Waals surface area contributed by atoms with Crippen LogP contribution in [-0.2, 0) is 20.0 Å². The van der Waals surface area contributed by atoms with Crippen LogP contribution in [0.1, 0.15) is 6.42 Å². The van der Waals surface area contributed by atoms with Gasteiger partial charge in [0.1, 0.15) is 10.0 Å². The summed E-state index contributed by atoms with van der Waals surface area (Å²) in [5.41, 5.74) is -2.16. The van der Waals surface area contributed by atoms with Crippen molar-refractivity contribution in [2.24, 2.45) is 0 Å². The van der Waals surface area contributed by atoms with Crippen molar-refractivity contribution in [1.29, 1.82) is 0 Å². The Labute approximate surface area is 63.7 Å². The molecule has 1 heterocycles. The lowest BCUT2D eigenvalue weighted by Gasteiger charge is -2.28. The van der Waals surface area contributed by atoms with Crippen molar-refractivity contribution in [3.8, 4) is 0 Å². The molecule has 5 nitrogen and oxygen atoms in total. The second-order valence-corrected chi connectivity index (χ2v) is 5.78. The van der Waals surface area contributed by atoms with Crippen molar-refractivity contribution in [1.82, 2.24) is 0 Å². The molecule has 8 heteroatoms. The van der Waals surface area contributed by atoms with Crippen LogP contribution >= 0.6 is 0 Å². The molecule has 0 aliphatic carbocycles. The predicted molar refractivity (Wildman–Crippen MR) is 35.6 cm³/mol. The van der Waals surface area contributed by atoms with Crippen LogP contribution in [0.2, 0.25) is 0 Å². The molecule has 0 aromatic rings. The molecule has 1 unspecified atom stereocenters.